The van der Waals surface area contributed by atoms with Gasteiger partial charge in [-0.15, -0.1) is 32.0 Å². The van der Waals surface area contributed by atoms with Crippen molar-refractivity contribution in [2.24, 2.45) is 0 Å². The van der Waals surface area contributed by atoms with Crippen LogP contribution in [-0.4, -0.2) is 12.1 Å². The summed E-state index contributed by atoms with van der Waals surface area (Å²) in [6.07, 6.45) is 0. The van der Waals surface area contributed by atoms with E-state index in [0.717, 1.165) is 101 Å². The van der Waals surface area contributed by atoms with E-state index in [0.29, 0.717) is 9.99 Å². The van der Waals surface area contributed by atoms with E-state index in [4.69, 9.17) is 56.5 Å². The fourth-order valence-electron chi connectivity index (χ4n) is 6.75. The number of nitrogens with zero attached hydrogens (tertiary/aromatic N) is 9. The van der Waals surface area contributed by atoms with E-state index < -0.39 is 0 Å². The molecule has 6 aromatic carbocycles. The van der Waals surface area contributed by atoms with Crippen LogP contribution in [0, 0.1) is 167 Å². The number of rotatable bonds is 2. The second-order valence-electron chi connectivity index (χ2n) is 16.0. The van der Waals surface area contributed by atoms with Crippen LogP contribution in [0.5, 0.6) is 5.75 Å². The summed E-state index contributed by atoms with van der Waals surface area (Å²) in [5.41, 5.74) is 7.93. The summed E-state index contributed by atoms with van der Waals surface area (Å²) < 4.78 is 14.9. The number of aromatic nitrogens is 1. The summed E-state index contributed by atoms with van der Waals surface area (Å²) >= 11 is 12.9. The van der Waals surface area contributed by atoms with E-state index in [1.807, 2.05) is 63.2 Å². The van der Waals surface area contributed by atoms with Crippen molar-refractivity contribution >= 4 is 127 Å². The monoisotopic (exact) mass is 1590 g/mol. The molecule has 12 rings (SSSR count). The maximum atomic E-state index is 8.81. The van der Waals surface area contributed by atoms with Gasteiger partial charge in [0.1, 0.15) is 10.6 Å². The first-order valence-corrected chi connectivity index (χ1v) is 30.1. The number of nitriles is 4. The maximum Gasteiger partial charge on any atom is 1.00 e. The van der Waals surface area contributed by atoms with Crippen molar-refractivity contribution in [2.45, 2.75) is 73.8 Å². The van der Waals surface area contributed by atoms with Crippen molar-refractivity contribution in [3.8, 4) is 40.8 Å². The van der Waals surface area contributed by atoms with Crippen molar-refractivity contribution in [1.29, 1.82) is 21.0 Å². The average Bonchev–Trinajstić information content (AvgIpc) is 1.99. The van der Waals surface area contributed by atoms with Crippen LogP contribution in [0.15, 0.2) is 138 Å². The number of fused-ring (bicyclic) bond motifs is 6. The van der Waals surface area contributed by atoms with Crippen LogP contribution in [0.1, 0.15) is 27.8 Å². The molecule has 0 fully saturated rings. The molecule has 91 heavy (non-hydrogen) atoms. The number of thioether (sulfide) groups is 8. The number of hydrogen-bond donors (Lipinski definition) is 0. The van der Waals surface area contributed by atoms with Crippen LogP contribution >= 0.6 is 105 Å². The molecule has 0 saturated heterocycles. The summed E-state index contributed by atoms with van der Waals surface area (Å²) in [7, 11) is 1.56. The van der Waals surface area contributed by atoms with E-state index in [9.17, 15) is 0 Å². The second-order valence-corrected chi connectivity index (χ2v) is 26.2. The molecule has 6 heterocycles. The molecule has 0 unspecified atom stereocenters. The molecule has 4 aliphatic heterocycles. The van der Waals surface area contributed by atoms with Gasteiger partial charge in [0.15, 0.2) is 5.76 Å². The molecule has 0 amide bonds. The van der Waals surface area contributed by atoms with E-state index in [-0.39, 0.29) is 537 Å². The minimum atomic E-state index is 0. The smallest absolute Gasteiger partial charge is 0.579 e. The molecule has 8 aromatic rings. The van der Waals surface area contributed by atoms with Crippen LogP contribution in [0.25, 0.3) is 51.3 Å². The predicted octanol–water partition coefficient (Wildman–Crippen LogP) is -11.7. The Bertz CT molecular complexity index is 4250. The van der Waals surface area contributed by atoms with Gasteiger partial charge in [0, 0.05) is 22.3 Å². The van der Waals surface area contributed by atoms with Gasteiger partial charge in [-0.2, -0.15) is 104 Å². The Hall–Kier alpha value is 8.59. The van der Waals surface area contributed by atoms with Crippen molar-refractivity contribution in [2.75, 3.05) is 7.11 Å². The van der Waals surface area contributed by atoms with E-state index in [1.54, 1.807) is 36.6 Å². The van der Waals surface area contributed by atoms with Crippen LogP contribution in [0.2, 0.25) is 0 Å². The number of allylic oxidation sites excluding steroid dienone is 4. The quantitative estimate of drug-likeness (QED) is 0.0917. The van der Waals surface area contributed by atoms with Gasteiger partial charge in [-0.1, -0.05) is 6.07 Å². The van der Waals surface area contributed by atoms with Gasteiger partial charge in [-0.25, -0.2) is 92.1 Å². The zero-order chi connectivity index (χ0) is 57.7. The Kier molecular flexibility index (Phi) is 61.8. The Balaban J connectivity index is -0.00000104. The fraction of sp³-hybridized carbons (Fsp3) is 0.0984. The SMILES string of the molecule is Cc1cc(C)c2cc(-c3nc4[c-]cc[c-]c4s3)oc2c1.[C-]#[N+]/C(C#N)=C1\Sc2[c-]cc(C)[c-]c2S1.[C-]#[N+]/C(C#N)=C1\Sc2[c-]cc(OC)[c-]c2S1.[C-]#[N+]C(C#N)=C1Sc2[c-]c(C)c(C)[c-]c2S1.[C-]#[N+]C(C#N)=C1Sc2[c-]cc[c-]c2S1.[K+].[K+].[K+].[K+].[K+].[K+].[K+].[K+].[K+].[K+]. The van der Waals surface area contributed by atoms with Gasteiger partial charge >= 0.3 is 514 Å². The van der Waals surface area contributed by atoms with Crippen LogP contribution in [-0.2, 0) is 0 Å². The summed E-state index contributed by atoms with van der Waals surface area (Å²) in [5.74, 6) is 1.42. The third-order valence-corrected chi connectivity index (χ3v) is 21.3. The summed E-state index contributed by atoms with van der Waals surface area (Å²) in [5, 5.41) is 37.1. The molecular formula is C61H27K10N9O2S9. The largest absolute Gasteiger partial charge is 1.00 e. The molecule has 0 radical (unpaired) electrons. The van der Waals surface area contributed by atoms with Crippen LogP contribution in [0.3, 0.4) is 0 Å². The second kappa shape index (κ2) is 54.2. The molecular weight excluding hydrogens is 1570 g/mol. The molecule has 2 aromatic heterocycles. The Morgan fingerprint density at radius 1 is 0.484 bits per heavy atom. The molecule has 0 saturated carbocycles. The first kappa shape index (κ1) is 104. The topological polar surface area (TPSA) is 148 Å². The Morgan fingerprint density at radius 2 is 0.868 bits per heavy atom. The van der Waals surface area contributed by atoms with Crippen molar-refractivity contribution in [3.05, 3.63) is 228 Å². The number of benzene rings is 6. The molecule has 0 N–H and O–H groups in total. The van der Waals surface area contributed by atoms with E-state index in [1.165, 1.54) is 105 Å². The van der Waals surface area contributed by atoms with Crippen LogP contribution < -0.4 is 519 Å². The number of thiazole rings is 1. The van der Waals surface area contributed by atoms with E-state index >= 15 is 0 Å². The third-order valence-electron chi connectivity index (χ3n) is 10.6. The molecule has 0 atom stereocenters. The standard InChI is InChI=1S/C17H11NOS.C12H6N2S2.C11H4N2OS2.C11H4N2S2.C10H2N2S2.10K/c1-10-7-11(2)12-9-15(19-14(12)8-10)17-18-13-5-3-4-6-16(13)20-17;1-7-4-10-11(5-8(7)2)16-12(15-10)9(6-13)14-3;1-13-8(6-12)11-15-9-4-3-7(14-2)5-10(9)16-11;1-7-3-4-9-10(5-7)15-11(14-9)8(6-12)13-2;1-12-7(6-11)10-13-8-4-2-3-5-9(8)14-10;;;;;;;;;;/h3-4,7-9H,1-2H3;1-2H3;3H,2H3;3H,1H3;2-3H;;;;;;;;;;/q5*-2;10*+1/b;;2*11-8+;;;;;;;;;;;. The molecule has 30 heteroatoms. The van der Waals surface area contributed by atoms with Gasteiger partial charge in [0.25, 0.3) is 22.8 Å². The molecule has 0 spiro atoms. The molecule has 4 aliphatic rings. The summed E-state index contributed by atoms with van der Waals surface area (Å²) in [4.78, 5) is 24.8. The van der Waals surface area contributed by atoms with Gasteiger partial charge < -0.3 is 56.6 Å². The minimum absolute atomic E-state index is 0. The maximum absolute atomic E-state index is 8.81. The Morgan fingerprint density at radius 3 is 1.29 bits per heavy atom. The molecule has 0 aliphatic carbocycles. The number of furan rings is 1. The summed E-state index contributed by atoms with van der Waals surface area (Å²) in [6.45, 7) is 37.6. The molecule has 11 nitrogen and oxygen atoms in total. The van der Waals surface area contributed by atoms with Gasteiger partial charge in [-0.3, -0.25) is 65.2 Å². The minimum Gasteiger partial charge on any atom is -0.579 e. The van der Waals surface area contributed by atoms with Crippen molar-refractivity contribution in [1.82, 2.24) is 4.98 Å². The normalized spacial score (nSPS) is 12.3. The van der Waals surface area contributed by atoms with Crippen molar-refractivity contribution < 1.29 is 523 Å². The van der Waals surface area contributed by atoms with Crippen molar-refractivity contribution in [3.63, 3.8) is 0 Å². The first-order chi connectivity index (χ1) is 39.2. The zero-order valence-corrected chi connectivity index (χ0v) is 91.3. The first-order valence-electron chi connectivity index (χ1n) is 22.8. The predicted molar refractivity (Wildman–Crippen MR) is 323 cm³/mol. The van der Waals surface area contributed by atoms with Gasteiger partial charge in [0.2, 0.25) is 0 Å². The number of ether oxygens (including phenoxy) is 1. The Labute approximate surface area is 996 Å². The molecule has 0 bridgehead atoms. The van der Waals surface area contributed by atoms with E-state index in [2.05, 4.69) is 117 Å². The number of hydrogen-bond acceptors (Lipinski definition) is 16. The number of aryl methyl sites for hydroxylation is 5. The average molecular weight is 1600 g/mol. The third kappa shape index (κ3) is 30.2. The zero-order valence-electron chi connectivity index (χ0n) is 52.7. The number of methoxy groups -OCH3 is 1. The fourth-order valence-corrected chi connectivity index (χ4v) is 16.7. The van der Waals surface area contributed by atoms with Gasteiger partial charge in [-0.05, 0) is 37.1 Å². The summed E-state index contributed by atoms with van der Waals surface area (Å²) in [6, 6.07) is 56.0. The molecule has 392 valence electrons. The van der Waals surface area contributed by atoms with Crippen LogP contribution in [0.4, 0.5) is 0 Å². The van der Waals surface area contributed by atoms with Gasteiger partial charge in [0.05, 0.1) is 57.7 Å².